The van der Waals surface area contributed by atoms with Crippen LogP contribution in [0.1, 0.15) is 68.1 Å². The highest BCUT2D eigenvalue weighted by Crippen LogP contribution is 2.39. The Morgan fingerprint density at radius 3 is 2.36 bits per heavy atom. The van der Waals surface area contributed by atoms with E-state index in [4.69, 9.17) is 16.5 Å². The lowest BCUT2D eigenvalue weighted by atomic mass is 9.87. The Morgan fingerprint density at radius 1 is 0.964 bits per heavy atom. The lowest BCUT2D eigenvalue weighted by Gasteiger charge is -2.45. The summed E-state index contributed by atoms with van der Waals surface area (Å²) in [5, 5.41) is 0. The maximum absolute atomic E-state index is 13.1. The minimum absolute atomic E-state index is 0.0944. The van der Waals surface area contributed by atoms with Crippen LogP contribution in [0.2, 0.25) is 0 Å². The third kappa shape index (κ3) is 3.57. The molecule has 1 saturated heterocycles. The Labute approximate surface area is 166 Å². The number of hydrogen-bond acceptors (Lipinski definition) is 6. The Hall–Kier alpha value is -2.57. The molecule has 3 aliphatic rings. The standard InChI is InChI=1S/C21H30N6O/c22-19-24-20(23)27(21(25-19)11-4-3-5-12-21)17-10-8-9-16(15-17)18(28)26-13-6-1-2-7-14-26/h8-10,15H,1-7,11-14H2,(H4,22,23,24,25). The molecule has 0 aromatic heterocycles. The maximum Gasteiger partial charge on any atom is 0.253 e. The van der Waals surface area contributed by atoms with Crippen molar-refractivity contribution in [2.45, 2.75) is 63.5 Å². The molecule has 0 atom stereocenters. The van der Waals surface area contributed by atoms with Gasteiger partial charge in [0, 0.05) is 24.3 Å². The van der Waals surface area contributed by atoms with Crippen molar-refractivity contribution in [1.29, 1.82) is 0 Å². The number of carbonyl (C=O) groups is 1. The van der Waals surface area contributed by atoms with Gasteiger partial charge in [-0.1, -0.05) is 25.3 Å². The Kier molecular flexibility index (Phi) is 5.24. The third-order valence-corrected chi connectivity index (χ3v) is 6.10. The number of carbonyl (C=O) groups excluding carboxylic acids is 1. The predicted molar refractivity (Wildman–Crippen MR) is 112 cm³/mol. The van der Waals surface area contributed by atoms with Crippen LogP contribution in [-0.4, -0.2) is 41.5 Å². The number of aliphatic imine (C=N–C) groups is 2. The Bertz CT molecular complexity index is 788. The molecule has 1 aromatic carbocycles. The van der Waals surface area contributed by atoms with Crippen molar-refractivity contribution < 1.29 is 4.79 Å². The van der Waals surface area contributed by atoms with Gasteiger partial charge in [0.05, 0.1) is 0 Å². The molecule has 7 nitrogen and oxygen atoms in total. The van der Waals surface area contributed by atoms with E-state index in [1.807, 2.05) is 34.1 Å². The zero-order valence-corrected chi connectivity index (χ0v) is 16.4. The van der Waals surface area contributed by atoms with Gasteiger partial charge in [-0.3, -0.25) is 9.69 Å². The van der Waals surface area contributed by atoms with Gasteiger partial charge in [-0.2, -0.15) is 4.99 Å². The van der Waals surface area contributed by atoms with Crippen LogP contribution in [-0.2, 0) is 0 Å². The molecular formula is C21H30N6O. The topological polar surface area (TPSA) is 100 Å². The first-order valence-corrected chi connectivity index (χ1v) is 10.5. The lowest BCUT2D eigenvalue weighted by Crippen LogP contribution is -2.58. The normalized spacial score (nSPS) is 22.4. The zero-order valence-electron chi connectivity index (χ0n) is 16.4. The van der Waals surface area contributed by atoms with Gasteiger partial charge < -0.3 is 16.4 Å². The average Bonchev–Trinajstić information content (AvgIpc) is 2.97. The van der Waals surface area contributed by atoms with E-state index in [-0.39, 0.29) is 11.9 Å². The number of guanidine groups is 2. The molecule has 0 radical (unpaired) electrons. The van der Waals surface area contributed by atoms with E-state index in [1.54, 1.807) is 0 Å². The van der Waals surface area contributed by atoms with Gasteiger partial charge >= 0.3 is 0 Å². The van der Waals surface area contributed by atoms with Crippen molar-refractivity contribution >= 4 is 23.5 Å². The molecule has 0 unspecified atom stereocenters. The second-order valence-corrected chi connectivity index (χ2v) is 8.08. The quantitative estimate of drug-likeness (QED) is 0.821. The molecule has 1 aliphatic carbocycles. The van der Waals surface area contributed by atoms with Crippen LogP contribution in [0.3, 0.4) is 0 Å². The van der Waals surface area contributed by atoms with Crippen molar-refractivity contribution in [3.63, 3.8) is 0 Å². The molecule has 7 heteroatoms. The van der Waals surface area contributed by atoms with Crippen LogP contribution in [0.15, 0.2) is 34.3 Å². The monoisotopic (exact) mass is 382 g/mol. The first-order valence-electron chi connectivity index (χ1n) is 10.5. The summed E-state index contributed by atoms with van der Waals surface area (Å²) >= 11 is 0. The van der Waals surface area contributed by atoms with E-state index in [0.29, 0.717) is 11.5 Å². The molecule has 2 aliphatic heterocycles. The first-order chi connectivity index (χ1) is 13.6. The van der Waals surface area contributed by atoms with E-state index in [0.717, 1.165) is 57.3 Å². The van der Waals surface area contributed by atoms with E-state index < -0.39 is 5.66 Å². The number of benzene rings is 1. The molecule has 150 valence electrons. The molecule has 0 bridgehead atoms. The number of rotatable bonds is 2. The third-order valence-electron chi connectivity index (χ3n) is 6.10. The molecular weight excluding hydrogens is 352 g/mol. The number of amides is 1. The molecule has 28 heavy (non-hydrogen) atoms. The van der Waals surface area contributed by atoms with Gasteiger partial charge in [-0.05, 0) is 56.7 Å². The van der Waals surface area contributed by atoms with E-state index in [9.17, 15) is 4.79 Å². The summed E-state index contributed by atoms with van der Waals surface area (Å²) in [6, 6.07) is 7.73. The number of nitrogens with two attached hydrogens (primary N) is 2. The fraction of sp³-hybridized carbons (Fsp3) is 0.571. The number of anilines is 1. The van der Waals surface area contributed by atoms with Gasteiger partial charge in [0.15, 0.2) is 0 Å². The number of likely N-dealkylation sites (tertiary alicyclic amines) is 1. The van der Waals surface area contributed by atoms with E-state index >= 15 is 0 Å². The van der Waals surface area contributed by atoms with Crippen LogP contribution < -0.4 is 16.4 Å². The van der Waals surface area contributed by atoms with E-state index in [2.05, 4.69) is 4.99 Å². The fourth-order valence-electron chi connectivity index (χ4n) is 4.73. The summed E-state index contributed by atoms with van der Waals surface area (Å²) < 4.78 is 0. The smallest absolute Gasteiger partial charge is 0.253 e. The van der Waals surface area contributed by atoms with Crippen molar-refractivity contribution in [3.8, 4) is 0 Å². The molecule has 2 heterocycles. The lowest BCUT2D eigenvalue weighted by molar-refractivity contribution is 0.0761. The molecule has 1 aromatic rings. The minimum Gasteiger partial charge on any atom is -0.369 e. The number of nitrogens with zero attached hydrogens (tertiary/aromatic N) is 4. The van der Waals surface area contributed by atoms with Crippen LogP contribution in [0.25, 0.3) is 0 Å². The molecule has 1 saturated carbocycles. The number of hydrogen-bond donors (Lipinski definition) is 2. The Morgan fingerprint density at radius 2 is 1.64 bits per heavy atom. The van der Waals surface area contributed by atoms with Crippen LogP contribution in [0, 0.1) is 0 Å². The van der Waals surface area contributed by atoms with Gasteiger partial charge in [0.25, 0.3) is 5.91 Å². The SMILES string of the molecule is NC1=NC2(CCCCC2)N(c2cccc(C(=O)N3CCCCCC3)c2)C(N)=N1. The molecule has 4 rings (SSSR count). The second kappa shape index (κ2) is 7.81. The largest absolute Gasteiger partial charge is 0.369 e. The van der Waals surface area contributed by atoms with Gasteiger partial charge in [0.2, 0.25) is 11.9 Å². The average molecular weight is 383 g/mol. The summed E-state index contributed by atoms with van der Waals surface area (Å²) in [6.07, 6.45) is 9.67. The minimum atomic E-state index is -0.488. The van der Waals surface area contributed by atoms with Crippen molar-refractivity contribution in [2.75, 3.05) is 18.0 Å². The molecule has 1 amide bonds. The van der Waals surface area contributed by atoms with Crippen molar-refractivity contribution in [1.82, 2.24) is 4.90 Å². The molecule has 1 spiro atoms. The second-order valence-electron chi connectivity index (χ2n) is 8.08. The highest BCUT2D eigenvalue weighted by atomic mass is 16.2. The zero-order chi connectivity index (χ0) is 19.6. The van der Waals surface area contributed by atoms with Gasteiger partial charge in [-0.15, -0.1) is 0 Å². The van der Waals surface area contributed by atoms with Gasteiger partial charge in [0.1, 0.15) is 5.66 Å². The van der Waals surface area contributed by atoms with Crippen LogP contribution in [0.5, 0.6) is 0 Å². The summed E-state index contributed by atoms with van der Waals surface area (Å²) in [7, 11) is 0. The van der Waals surface area contributed by atoms with Crippen LogP contribution >= 0.6 is 0 Å². The van der Waals surface area contributed by atoms with Crippen molar-refractivity contribution in [3.05, 3.63) is 29.8 Å². The summed E-state index contributed by atoms with van der Waals surface area (Å²) in [4.78, 5) is 26.0. The summed E-state index contributed by atoms with van der Waals surface area (Å²) in [5.41, 5.74) is 13.3. The Balaban J connectivity index is 1.66. The predicted octanol–water partition coefficient (Wildman–Crippen LogP) is 2.81. The van der Waals surface area contributed by atoms with Crippen molar-refractivity contribution in [2.24, 2.45) is 21.5 Å². The highest BCUT2D eigenvalue weighted by molar-refractivity contribution is 6.06. The van der Waals surface area contributed by atoms with E-state index in [1.165, 1.54) is 19.3 Å². The van der Waals surface area contributed by atoms with Crippen LogP contribution in [0.4, 0.5) is 5.69 Å². The van der Waals surface area contributed by atoms with Gasteiger partial charge in [-0.25, -0.2) is 4.99 Å². The first kappa shape index (κ1) is 18.8. The summed E-state index contributed by atoms with van der Waals surface area (Å²) in [5.74, 6) is 0.693. The summed E-state index contributed by atoms with van der Waals surface area (Å²) in [6.45, 7) is 1.67. The highest BCUT2D eigenvalue weighted by Gasteiger charge is 2.42. The molecule has 4 N–H and O–H groups in total. The maximum atomic E-state index is 13.1. The fourth-order valence-corrected chi connectivity index (χ4v) is 4.73. The molecule has 2 fully saturated rings.